The summed E-state index contributed by atoms with van der Waals surface area (Å²) in [5.41, 5.74) is 9.30. The minimum atomic E-state index is -0.342. The fourth-order valence-electron chi connectivity index (χ4n) is 7.27. The third-order valence-corrected chi connectivity index (χ3v) is 9.92. The summed E-state index contributed by atoms with van der Waals surface area (Å²) >= 11 is 0. The second kappa shape index (κ2) is 12.0. The largest absolute Gasteiger partial charge is 0.456 e. The molecule has 0 saturated heterocycles. The van der Waals surface area contributed by atoms with Crippen LogP contribution in [0.5, 0.6) is 0 Å². The highest BCUT2D eigenvalue weighted by Crippen LogP contribution is 2.37. The minimum Gasteiger partial charge on any atom is -0.456 e. The highest BCUT2D eigenvalue weighted by molar-refractivity contribution is 6.22. The molecule has 0 radical (unpaired) electrons. The first-order chi connectivity index (χ1) is 25.2. The van der Waals surface area contributed by atoms with Crippen LogP contribution in [0.3, 0.4) is 0 Å². The van der Waals surface area contributed by atoms with E-state index in [1.54, 1.807) is 0 Å². The maximum Gasteiger partial charge on any atom is 0.160 e. The van der Waals surface area contributed by atoms with Gasteiger partial charge in [-0.1, -0.05) is 146 Å². The Morgan fingerprint density at radius 2 is 1.06 bits per heavy atom. The van der Waals surface area contributed by atoms with E-state index >= 15 is 0 Å². The molecule has 1 unspecified atom stereocenters. The zero-order valence-corrected chi connectivity index (χ0v) is 27.6. The lowest BCUT2D eigenvalue weighted by atomic mass is 9.98. The Morgan fingerprint density at radius 3 is 1.82 bits per heavy atom. The summed E-state index contributed by atoms with van der Waals surface area (Å²) in [6, 6.07) is 61.8. The molecule has 0 saturated carbocycles. The van der Waals surface area contributed by atoms with Crippen molar-refractivity contribution < 1.29 is 4.42 Å². The number of furan rings is 1. The number of hydrogen-bond donors (Lipinski definition) is 1. The van der Waals surface area contributed by atoms with Gasteiger partial charge in [0.2, 0.25) is 0 Å². The number of hydrogen-bond acceptors (Lipinski definition) is 4. The Kier molecular flexibility index (Phi) is 6.85. The van der Waals surface area contributed by atoms with Gasteiger partial charge in [-0.05, 0) is 79.7 Å². The van der Waals surface area contributed by atoms with E-state index < -0.39 is 0 Å². The van der Waals surface area contributed by atoms with E-state index in [2.05, 4.69) is 163 Å². The van der Waals surface area contributed by atoms with Gasteiger partial charge in [0.05, 0.1) is 0 Å². The minimum absolute atomic E-state index is 0.342. The number of nitrogens with one attached hydrogen (secondary N) is 1. The number of nitrogens with zero attached hydrogens (tertiary/aromatic N) is 2. The monoisotopic (exact) mass is 653 g/mol. The van der Waals surface area contributed by atoms with Crippen molar-refractivity contribution in [2.45, 2.75) is 6.17 Å². The first-order valence-corrected chi connectivity index (χ1v) is 17.3. The smallest absolute Gasteiger partial charge is 0.160 e. The molecule has 0 spiro atoms. The van der Waals surface area contributed by atoms with Crippen LogP contribution in [-0.2, 0) is 0 Å². The van der Waals surface area contributed by atoms with Gasteiger partial charge in [-0.2, -0.15) is 0 Å². The van der Waals surface area contributed by atoms with Gasteiger partial charge in [0.1, 0.15) is 23.2 Å². The molecule has 1 atom stereocenters. The lowest BCUT2D eigenvalue weighted by Gasteiger charge is -2.24. The van der Waals surface area contributed by atoms with Crippen molar-refractivity contribution in [1.29, 1.82) is 0 Å². The van der Waals surface area contributed by atoms with Crippen LogP contribution in [0, 0.1) is 0 Å². The zero-order chi connectivity index (χ0) is 33.7. The molecule has 4 heteroatoms. The summed E-state index contributed by atoms with van der Waals surface area (Å²) in [5, 5.41) is 10.5. The average molecular weight is 654 g/mol. The van der Waals surface area contributed by atoms with Crippen LogP contribution in [-0.4, -0.2) is 11.7 Å². The Hall–Kier alpha value is -6.78. The fraction of sp³-hybridized carbons (Fsp3) is 0.0213. The normalized spacial score (nSPS) is 14.5. The Balaban J connectivity index is 1.12. The number of aliphatic imine (C=N–C) groups is 2. The van der Waals surface area contributed by atoms with Crippen molar-refractivity contribution in [1.82, 2.24) is 5.32 Å². The van der Waals surface area contributed by atoms with Crippen LogP contribution in [0.15, 0.2) is 190 Å². The molecule has 51 heavy (non-hydrogen) atoms. The Labute approximate surface area is 295 Å². The summed E-state index contributed by atoms with van der Waals surface area (Å²) in [6.45, 7) is 0. The van der Waals surface area contributed by atoms with Gasteiger partial charge >= 0.3 is 0 Å². The molecule has 240 valence electrons. The highest BCUT2D eigenvalue weighted by atomic mass is 16.3. The molecule has 8 aromatic carbocycles. The van der Waals surface area contributed by atoms with E-state index in [1.165, 1.54) is 27.3 Å². The van der Waals surface area contributed by atoms with Gasteiger partial charge in [-0.25, -0.2) is 9.98 Å². The predicted octanol–water partition coefficient (Wildman–Crippen LogP) is 11.7. The molecular weight excluding hydrogens is 623 g/mol. The summed E-state index contributed by atoms with van der Waals surface area (Å²) in [4.78, 5) is 10.5. The SMILES string of the molecule is c1ccc(-c2ccc(C3N=C(c4cccc5oc6ccc(-c7ccc8ccccc8c7)cc6c45)N=C(c4ccc5ccccc5c4)N3)cc2)cc1. The maximum absolute atomic E-state index is 6.45. The molecule has 1 N–H and O–H groups in total. The van der Waals surface area contributed by atoms with E-state index in [0.29, 0.717) is 5.84 Å². The van der Waals surface area contributed by atoms with Crippen molar-refractivity contribution in [2.24, 2.45) is 9.98 Å². The van der Waals surface area contributed by atoms with Crippen molar-refractivity contribution in [3.8, 4) is 22.3 Å². The Morgan fingerprint density at radius 1 is 0.451 bits per heavy atom. The molecule has 9 aromatic rings. The van der Waals surface area contributed by atoms with E-state index in [-0.39, 0.29) is 6.17 Å². The summed E-state index contributed by atoms with van der Waals surface area (Å²) in [6.07, 6.45) is -0.342. The van der Waals surface area contributed by atoms with E-state index in [1.807, 2.05) is 18.2 Å². The van der Waals surface area contributed by atoms with Crippen LogP contribution in [0.1, 0.15) is 22.9 Å². The molecule has 10 rings (SSSR count). The number of amidine groups is 2. The molecule has 1 aromatic heterocycles. The Bertz CT molecular complexity index is 2830. The number of rotatable bonds is 5. The molecule has 0 aliphatic carbocycles. The number of fused-ring (bicyclic) bond motifs is 5. The molecule has 0 bridgehead atoms. The summed E-state index contributed by atoms with van der Waals surface area (Å²) in [7, 11) is 0. The summed E-state index contributed by atoms with van der Waals surface area (Å²) < 4.78 is 6.45. The van der Waals surface area contributed by atoms with Crippen molar-refractivity contribution >= 4 is 55.2 Å². The second-order valence-corrected chi connectivity index (χ2v) is 13.1. The molecule has 1 aliphatic heterocycles. The van der Waals surface area contributed by atoms with E-state index in [4.69, 9.17) is 14.4 Å². The van der Waals surface area contributed by atoms with Crippen LogP contribution >= 0.6 is 0 Å². The van der Waals surface area contributed by atoms with Gasteiger partial charge < -0.3 is 9.73 Å². The number of benzene rings is 8. The van der Waals surface area contributed by atoms with Crippen molar-refractivity contribution in [3.05, 3.63) is 193 Å². The van der Waals surface area contributed by atoms with Crippen molar-refractivity contribution in [2.75, 3.05) is 0 Å². The standard InChI is InChI=1S/C47H31N3O/c1-2-9-30(10-3-1)33-17-21-34(22-18-33)45-48-46(39-24-20-32-12-5-7-14-36(32)28-39)50-47(49-45)40-15-8-16-43-44(40)41-29-38(25-26-42(41)51-43)37-23-19-31-11-4-6-13-35(31)27-37/h1-29,45H,(H,48,49,50). The lowest BCUT2D eigenvalue weighted by molar-refractivity contribution is 0.668. The predicted molar refractivity (Wildman–Crippen MR) is 211 cm³/mol. The van der Waals surface area contributed by atoms with E-state index in [9.17, 15) is 0 Å². The fourth-order valence-corrected chi connectivity index (χ4v) is 7.27. The van der Waals surface area contributed by atoms with Crippen LogP contribution < -0.4 is 5.32 Å². The first-order valence-electron chi connectivity index (χ1n) is 17.3. The van der Waals surface area contributed by atoms with Crippen LogP contribution in [0.2, 0.25) is 0 Å². The van der Waals surface area contributed by atoms with Crippen LogP contribution in [0.25, 0.3) is 65.7 Å². The van der Waals surface area contributed by atoms with Gasteiger partial charge in [0, 0.05) is 21.9 Å². The van der Waals surface area contributed by atoms with Crippen molar-refractivity contribution in [3.63, 3.8) is 0 Å². The average Bonchev–Trinajstić information content (AvgIpc) is 3.59. The first kappa shape index (κ1) is 29.2. The lowest BCUT2D eigenvalue weighted by Crippen LogP contribution is -2.33. The molecule has 0 fully saturated rings. The highest BCUT2D eigenvalue weighted by Gasteiger charge is 2.24. The molecular formula is C47H31N3O. The van der Waals surface area contributed by atoms with Crippen LogP contribution in [0.4, 0.5) is 0 Å². The molecule has 2 heterocycles. The molecule has 4 nitrogen and oxygen atoms in total. The third-order valence-electron chi connectivity index (χ3n) is 9.92. The zero-order valence-electron chi connectivity index (χ0n) is 27.6. The maximum atomic E-state index is 6.45. The van der Waals surface area contributed by atoms with Gasteiger partial charge in [0.15, 0.2) is 5.84 Å². The van der Waals surface area contributed by atoms with Gasteiger partial charge in [0.25, 0.3) is 0 Å². The molecule has 1 aliphatic rings. The van der Waals surface area contributed by atoms with E-state index in [0.717, 1.165) is 61.0 Å². The van der Waals surface area contributed by atoms with Gasteiger partial charge in [-0.15, -0.1) is 0 Å². The summed E-state index contributed by atoms with van der Waals surface area (Å²) in [5.74, 6) is 1.45. The quantitative estimate of drug-likeness (QED) is 0.201. The van der Waals surface area contributed by atoms with Gasteiger partial charge in [-0.3, -0.25) is 0 Å². The second-order valence-electron chi connectivity index (χ2n) is 13.1. The third kappa shape index (κ3) is 5.25. The molecule has 0 amide bonds. The topological polar surface area (TPSA) is 49.9 Å².